The fourth-order valence-corrected chi connectivity index (χ4v) is 3.59. The van der Waals surface area contributed by atoms with E-state index in [4.69, 9.17) is 5.11 Å². The lowest BCUT2D eigenvalue weighted by atomic mass is 9.95. The molecular formula is C14H19NO3S. The summed E-state index contributed by atoms with van der Waals surface area (Å²) in [4.78, 5) is 24.6. The summed E-state index contributed by atoms with van der Waals surface area (Å²) in [6.07, 6.45) is 5.48. The first-order valence-electron chi connectivity index (χ1n) is 6.76. The van der Waals surface area contributed by atoms with E-state index in [0.29, 0.717) is 12.0 Å². The summed E-state index contributed by atoms with van der Waals surface area (Å²) < 4.78 is 0. The second-order valence-corrected chi connectivity index (χ2v) is 5.88. The summed E-state index contributed by atoms with van der Waals surface area (Å²) in [5, 5.41) is 13.6. The van der Waals surface area contributed by atoms with Gasteiger partial charge >= 0.3 is 5.97 Å². The summed E-state index contributed by atoms with van der Waals surface area (Å²) in [5.74, 6) is -1.19. The molecule has 4 nitrogen and oxygen atoms in total. The van der Waals surface area contributed by atoms with E-state index in [2.05, 4.69) is 5.32 Å². The van der Waals surface area contributed by atoms with Gasteiger partial charge < -0.3 is 10.4 Å². The minimum absolute atomic E-state index is 0.236. The summed E-state index contributed by atoms with van der Waals surface area (Å²) in [6.45, 7) is 1.91. The average Bonchev–Trinajstić information content (AvgIpc) is 2.81. The smallest absolute Gasteiger partial charge is 0.326 e. The zero-order valence-electron chi connectivity index (χ0n) is 11.1. The number of carboxylic acid groups (broad SMARTS) is 1. The van der Waals surface area contributed by atoms with Crippen LogP contribution in [0.15, 0.2) is 5.38 Å². The molecule has 5 heteroatoms. The minimum atomic E-state index is -0.959. The number of aliphatic carboxylic acids is 1. The van der Waals surface area contributed by atoms with Gasteiger partial charge in [0.25, 0.3) is 5.91 Å². The van der Waals surface area contributed by atoms with Crippen molar-refractivity contribution in [1.82, 2.24) is 5.32 Å². The van der Waals surface area contributed by atoms with Crippen molar-refractivity contribution in [3.63, 3.8) is 0 Å². The molecule has 2 N–H and O–H groups in total. The molecule has 0 radical (unpaired) electrons. The van der Waals surface area contributed by atoms with E-state index in [0.717, 1.165) is 31.2 Å². The van der Waals surface area contributed by atoms with Gasteiger partial charge in [-0.25, -0.2) is 4.79 Å². The number of fused-ring (bicyclic) bond motifs is 1. The van der Waals surface area contributed by atoms with Gasteiger partial charge in [0.2, 0.25) is 0 Å². The van der Waals surface area contributed by atoms with E-state index in [9.17, 15) is 9.59 Å². The van der Waals surface area contributed by atoms with Gasteiger partial charge in [-0.05, 0) is 37.7 Å². The van der Waals surface area contributed by atoms with Crippen molar-refractivity contribution in [1.29, 1.82) is 0 Å². The first-order chi connectivity index (χ1) is 9.13. The molecule has 0 saturated carbocycles. The van der Waals surface area contributed by atoms with Crippen molar-refractivity contribution in [2.75, 3.05) is 0 Å². The SMILES string of the molecule is CCC[C@H](NC(=O)c1csc2c1CCCC2)C(=O)O. The van der Waals surface area contributed by atoms with Gasteiger partial charge in [0, 0.05) is 10.3 Å². The number of carboxylic acids is 1. The van der Waals surface area contributed by atoms with Gasteiger partial charge in [-0.2, -0.15) is 0 Å². The van der Waals surface area contributed by atoms with Crippen molar-refractivity contribution >= 4 is 23.2 Å². The molecule has 2 rings (SSSR count). The zero-order valence-corrected chi connectivity index (χ0v) is 11.9. The van der Waals surface area contributed by atoms with Crippen LogP contribution in [0.4, 0.5) is 0 Å². The highest BCUT2D eigenvalue weighted by molar-refractivity contribution is 7.10. The number of carbonyl (C=O) groups is 2. The van der Waals surface area contributed by atoms with Crippen molar-refractivity contribution in [2.24, 2.45) is 0 Å². The fourth-order valence-electron chi connectivity index (χ4n) is 2.47. The maximum atomic E-state index is 12.2. The average molecular weight is 281 g/mol. The largest absolute Gasteiger partial charge is 0.480 e. The summed E-state index contributed by atoms with van der Waals surface area (Å²) in [5.41, 5.74) is 1.82. The predicted octanol–water partition coefficient (Wildman–Crippen LogP) is 2.61. The van der Waals surface area contributed by atoms with Crippen LogP contribution in [0.3, 0.4) is 0 Å². The van der Waals surface area contributed by atoms with Crippen molar-refractivity contribution in [3.05, 3.63) is 21.4 Å². The lowest BCUT2D eigenvalue weighted by Gasteiger charge is -2.15. The third kappa shape index (κ3) is 3.15. The van der Waals surface area contributed by atoms with Gasteiger partial charge in [-0.1, -0.05) is 13.3 Å². The molecule has 0 fully saturated rings. The highest BCUT2D eigenvalue weighted by atomic mass is 32.1. The normalized spacial score (nSPS) is 15.6. The molecule has 0 spiro atoms. The zero-order chi connectivity index (χ0) is 13.8. The van der Waals surface area contributed by atoms with Gasteiger partial charge in [-0.3, -0.25) is 4.79 Å². The van der Waals surface area contributed by atoms with E-state index in [1.165, 1.54) is 11.3 Å². The molecule has 19 heavy (non-hydrogen) atoms. The van der Waals surface area contributed by atoms with Crippen LogP contribution in [0, 0.1) is 0 Å². The van der Waals surface area contributed by atoms with Crippen molar-refractivity contribution < 1.29 is 14.7 Å². The third-order valence-electron chi connectivity index (χ3n) is 3.49. The number of hydrogen-bond acceptors (Lipinski definition) is 3. The Balaban J connectivity index is 2.11. The molecule has 1 aliphatic rings. The van der Waals surface area contributed by atoms with Crippen LogP contribution < -0.4 is 5.32 Å². The second kappa shape index (κ2) is 6.19. The van der Waals surface area contributed by atoms with E-state index in [1.54, 1.807) is 11.3 Å². The first-order valence-corrected chi connectivity index (χ1v) is 7.64. The molecule has 0 aromatic carbocycles. The molecule has 1 heterocycles. The summed E-state index contributed by atoms with van der Waals surface area (Å²) >= 11 is 1.62. The Labute approximate surface area is 116 Å². The molecule has 1 aromatic heterocycles. The number of rotatable bonds is 5. The Kier molecular flexibility index (Phi) is 4.58. The summed E-state index contributed by atoms with van der Waals surface area (Å²) in [7, 11) is 0. The topological polar surface area (TPSA) is 66.4 Å². The Morgan fingerprint density at radius 3 is 2.84 bits per heavy atom. The molecule has 1 aliphatic carbocycles. The lowest BCUT2D eigenvalue weighted by molar-refractivity contribution is -0.139. The molecule has 0 unspecified atom stereocenters. The Morgan fingerprint density at radius 2 is 2.16 bits per heavy atom. The molecular weight excluding hydrogens is 262 g/mol. The van der Waals surface area contributed by atoms with Gasteiger partial charge in [-0.15, -0.1) is 11.3 Å². The highest BCUT2D eigenvalue weighted by Crippen LogP contribution is 2.30. The Bertz CT molecular complexity index is 481. The van der Waals surface area contributed by atoms with Crippen LogP contribution in [0.5, 0.6) is 0 Å². The Hall–Kier alpha value is -1.36. The lowest BCUT2D eigenvalue weighted by Crippen LogP contribution is -2.40. The molecule has 0 saturated heterocycles. The van der Waals surface area contributed by atoms with Crippen LogP contribution in [-0.2, 0) is 17.6 Å². The number of thiophene rings is 1. The molecule has 1 atom stereocenters. The highest BCUT2D eigenvalue weighted by Gasteiger charge is 2.24. The van der Waals surface area contributed by atoms with E-state index < -0.39 is 12.0 Å². The van der Waals surface area contributed by atoms with Crippen molar-refractivity contribution in [3.8, 4) is 0 Å². The number of carbonyl (C=O) groups excluding carboxylic acids is 1. The summed E-state index contributed by atoms with van der Waals surface area (Å²) in [6, 6.07) is -0.781. The molecule has 1 amide bonds. The van der Waals surface area contributed by atoms with Crippen LogP contribution in [0.1, 0.15) is 53.4 Å². The standard InChI is InChI=1S/C14H19NO3S/c1-2-5-11(14(17)18)15-13(16)10-8-19-12-7-4-3-6-9(10)12/h8,11H,2-7H2,1H3,(H,15,16)(H,17,18)/t11-/m0/s1. The molecule has 0 aliphatic heterocycles. The van der Waals surface area contributed by atoms with Gasteiger partial charge in [0.1, 0.15) is 6.04 Å². The predicted molar refractivity (Wildman–Crippen MR) is 74.8 cm³/mol. The van der Waals surface area contributed by atoms with Gasteiger partial charge in [0.05, 0.1) is 5.56 Å². The molecule has 0 bridgehead atoms. The maximum Gasteiger partial charge on any atom is 0.326 e. The van der Waals surface area contributed by atoms with Gasteiger partial charge in [0.15, 0.2) is 0 Å². The van der Waals surface area contributed by atoms with Crippen molar-refractivity contribution in [2.45, 2.75) is 51.5 Å². The van der Waals surface area contributed by atoms with Crippen LogP contribution in [-0.4, -0.2) is 23.0 Å². The maximum absolute atomic E-state index is 12.2. The fraction of sp³-hybridized carbons (Fsp3) is 0.571. The number of aryl methyl sites for hydroxylation is 1. The Morgan fingerprint density at radius 1 is 1.42 bits per heavy atom. The van der Waals surface area contributed by atoms with E-state index in [-0.39, 0.29) is 5.91 Å². The second-order valence-electron chi connectivity index (χ2n) is 4.91. The van der Waals surface area contributed by atoms with E-state index in [1.807, 2.05) is 12.3 Å². The number of amides is 1. The first kappa shape index (κ1) is 14.1. The third-order valence-corrected chi connectivity index (χ3v) is 4.58. The van der Waals surface area contributed by atoms with Crippen LogP contribution >= 0.6 is 11.3 Å². The quantitative estimate of drug-likeness (QED) is 0.872. The number of nitrogens with one attached hydrogen (secondary N) is 1. The van der Waals surface area contributed by atoms with E-state index >= 15 is 0 Å². The molecule has 1 aromatic rings. The monoisotopic (exact) mass is 281 g/mol. The minimum Gasteiger partial charge on any atom is -0.480 e. The van der Waals surface area contributed by atoms with Crippen LogP contribution in [0.2, 0.25) is 0 Å². The number of hydrogen-bond donors (Lipinski definition) is 2. The van der Waals surface area contributed by atoms with Crippen LogP contribution in [0.25, 0.3) is 0 Å². The molecule has 104 valence electrons.